The molecule has 1 aromatic rings. The molecule has 0 radical (unpaired) electrons. The van der Waals surface area contributed by atoms with Gasteiger partial charge in [-0.1, -0.05) is 0 Å². The van der Waals surface area contributed by atoms with Crippen LogP contribution in [0.5, 0.6) is 11.5 Å². The molecule has 0 saturated carbocycles. The molecular formula is C18H24N2O2. The van der Waals surface area contributed by atoms with Crippen molar-refractivity contribution in [3.8, 4) is 11.5 Å². The fraction of sp³-hybridized carbons (Fsp3) is 0.556. The van der Waals surface area contributed by atoms with E-state index in [2.05, 4.69) is 22.1 Å². The summed E-state index contributed by atoms with van der Waals surface area (Å²) in [6, 6.07) is 6.81. The highest BCUT2D eigenvalue weighted by Crippen LogP contribution is 2.31. The Hall–Kier alpha value is -1.68. The average molecular weight is 300 g/mol. The standard InChI is InChI=1S/C18H24N2O2/c1-21-17-2-3-18-15(11-17)10-14(13-22-18)12-20-9-8-19-6-4-16(20)5-7-19/h2-3,11-12,16H,4-10,13H2,1H3/b14-12+. The molecule has 0 aliphatic carbocycles. The zero-order valence-electron chi connectivity index (χ0n) is 13.3. The number of piperidine rings is 1. The maximum atomic E-state index is 5.93. The Morgan fingerprint density at radius 2 is 2.05 bits per heavy atom. The van der Waals surface area contributed by atoms with Crippen molar-refractivity contribution in [1.29, 1.82) is 0 Å². The largest absolute Gasteiger partial charge is 0.497 e. The lowest BCUT2D eigenvalue weighted by Gasteiger charge is -2.32. The SMILES string of the molecule is COc1ccc2c(c1)C/C(=C\N1CCN3CCC1CC3)CO2. The van der Waals surface area contributed by atoms with Gasteiger partial charge in [-0.05, 0) is 36.6 Å². The van der Waals surface area contributed by atoms with Crippen LogP contribution in [-0.2, 0) is 6.42 Å². The molecule has 4 aliphatic rings. The molecule has 4 heterocycles. The molecule has 0 aromatic heterocycles. The average Bonchev–Trinajstić information content (AvgIpc) is 2.88. The van der Waals surface area contributed by atoms with Crippen LogP contribution in [0, 0.1) is 0 Å². The van der Waals surface area contributed by atoms with Gasteiger partial charge >= 0.3 is 0 Å². The normalized spacial score (nSPS) is 29.0. The quantitative estimate of drug-likeness (QED) is 0.837. The highest BCUT2D eigenvalue weighted by molar-refractivity contribution is 5.44. The third kappa shape index (κ3) is 2.68. The minimum Gasteiger partial charge on any atom is -0.497 e. The Balaban J connectivity index is 1.53. The first kappa shape index (κ1) is 13.9. The van der Waals surface area contributed by atoms with Gasteiger partial charge in [-0.3, -0.25) is 0 Å². The number of fused-ring (bicyclic) bond motifs is 5. The molecule has 0 unspecified atom stereocenters. The minimum absolute atomic E-state index is 0.715. The summed E-state index contributed by atoms with van der Waals surface area (Å²) in [5.74, 6) is 1.91. The van der Waals surface area contributed by atoms with Gasteiger partial charge in [0.05, 0.1) is 7.11 Å². The Kier molecular flexibility index (Phi) is 3.70. The van der Waals surface area contributed by atoms with Gasteiger partial charge in [-0.15, -0.1) is 0 Å². The molecule has 2 bridgehead atoms. The molecule has 4 nitrogen and oxygen atoms in total. The first-order valence-corrected chi connectivity index (χ1v) is 8.29. The van der Waals surface area contributed by atoms with Gasteiger partial charge < -0.3 is 19.3 Å². The number of benzene rings is 1. The van der Waals surface area contributed by atoms with Crippen molar-refractivity contribution in [3.05, 3.63) is 35.5 Å². The van der Waals surface area contributed by atoms with Gasteiger partial charge in [0.1, 0.15) is 18.1 Å². The van der Waals surface area contributed by atoms with Crippen LogP contribution in [0.3, 0.4) is 0 Å². The highest BCUT2D eigenvalue weighted by Gasteiger charge is 2.28. The van der Waals surface area contributed by atoms with E-state index in [4.69, 9.17) is 9.47 Å². The van der Waals surface area contributed by atoms with Gasteiger partial charge in [0.25, 0.3) is 0 Å². The molecule has 0 N–H and O–H groups in total. The van der Waals surface area contributed by atoms with Crippen LogP contribution in [0.25, 0.3) is 0 Å². The first-order chi connectivity index (χ1) is 10.8. The molecule has 4 aliphatic heterocycles. The summed E-state index contributed by atoms with van der Waals surface area (Å²) in [6.45, 7) is 5.60. The van der Waals surface area contributed by atoms with Crippen molar-refractivity contribution >= 4 is 0 Å². The zero-order chi connectivity index (χ0) is 14.9. The van der Waals surface area contributed by atoms with Crippen molar-refractivity contribution in [2.45, 2.75) is 25.3 Å². The lowest BCUT2D eigenvalue weighted by molar-refractivity contribution is 0.219. The van der Waals surface area contributed by atoms with Crippen LogP contribution in [0.15, 0.2) is 30.0 Å². The highest BCUT2D eigenvalue weighted by atomic mass is 16.5. The Morgan fingerprint density at radius 1 is 1.18 bits per heavy atom. The van der Waals surface area contributed by atoms with Crippen molar-refractivity contribution in [2.24, 2.45) is 0 Å². The van der Waals surface area contributed by atoms with Crippen LogP contribution < -0.4 is 9.47 Å². The van der Waals surface area contributed by atoms with Crippen LogP contribution >= 0.6 is 0 Å². The first-order valence-electron chi connectivity index (χ1n) is 8.29. The van der Waals surface area contributed by atoms with Crippen LogP contribution in [0.2, 0.25) is 0 Å². The Morgan fingerprint density at radius 3 is 2.86 bits per heavy atom. The fourth-order valence-electron chi connectivity index (χ4n) is 3.83. The van der Waals surface area contributed by atoms with E-state index in [1.807, 2.05) is 12.1 Å². The number of rotatable bonds is 2. The lowest BCUT2D eigenvalue weighted by atomic mass is 10.0. The van der Waals surface area contributed by atoms with E-state index in [-0.39, 0.29) is 0 Å². The van der Waals surface area contributed by atoms with Crippen LogP contribution in [0.1, 0.15) is 18.4 Å². The van der Waals surface area contributed by atoms with Gasteiger partial charge in [0.2, 0.25) is 0 Å². The van der Waals surface area contributed by atoms with Crippen LogP contribution in [-0.4, -0.2) is 55.7 Å². The van der Waals surface area contributed by atoms with Crippen molar-refractivity contribution < 1.29 is 9.47 Å². The molecule has 3 fully saturated rings. The van der Waals surface area contributed by atoms with Crippen molar-refractivity contribution in [2.75, 3.05) is 39.9 Å². The number of nitrogens with zero attached hydrogens (tertiary/aromatic N) is 2. The third-order valence-electron chi connectivity index (χ3n) is 5.15. The molecular weight excluding hydrogens is 276 g/mol. The van der Waals surface area contributed by atoms with Gasteiger partial charge in [0.15, 0.2) is 0 Å². The van der Waals surface area contributed by atoms with E-state index < -0.39 is 0 Å². The number of hydrogen-bond acceptors (Lipinski definition) is 4. The number of methoxy groups -OCH3 is 1. The summed E-state index contributed by atoms with van der Waals surface area (Å²) in [7, 11) is 1.71. The van der Waals surface area contributed by atoms with Crippen molar-refractivity contribution in [1.82, 2.24) is 9.80 Å². The molecule has 5 rings (SSSR count). The predicted octanol–water partition coefficient (Wildman–Crippen LogP) is 2.29. The molecule has 4 heteroatoms. The summed E-state index contributed by atoms with van der Waals surface area (Å²) >= 11 is 0. The van der Waals surface area contributed by atoms with E-state index in [0.717, 1.165) is 30.5 Å². The third-order valence-corrected chi connectivity index (χ3v) is 5.15. The van der Waals surface area contributed by atoms with Crippen LogP contribution in [0.4, 0.5) is 0 Å². The fourth-order valence-corrected chi connectivity index (χ4v) is 3.83. The smallest absolute Gasteiger partial charge is 0.123 e. The van der Waals surface area contributed by atoms with E-state index in [1.165, 1.54) is 43.6 Å². The zero-order valence-corrected chi connectivity index (χ0v) is 13.3. The Bertz CT molecular complexity index is 576. The number of ether oxygens (including phenoxy) is 2. The molecule has 0 atom stereocenters. The Labute approximate surface area is 132 Å². The van der Waals surface area contributed by atoms with E-state index in [0.29, 0.717) is 6.61 Å². The summed E-state index contributed by atoms with van der Waals surface area (Å²) in [5, 5.41) is 0. The molecule has 3 saturated heterocycles. The summed E-state index contributed by atoms with van der Waals surface area (Å²) in [5.41, 5.74) is 2.61. The summed E-state index contributed by atoms with van der Waals surface area (Å²) in [4.78, 5) is 5.16. The minimum atomic E-state index is 0.715. The second kappa shape index (κ2) is 5.84. The molecule has 0 amide bonds. The van der Waals surface area contributed by atoms with Gasteiger partial charge in [-0.25, -0.2) is 0 Å². The van der Waals surface area contributed by atoms with Gasteiger partial charge in [-0.2, -0.15) is 0 Å². The lowest BCUT2D eigenvalue weighted by Crippen LogP contribution is -2.35. The molecule has 1 aromatic carbocycles. The number of hydrogen-bond donors (Lipinski definition) is 0. The monoisotopic (exact) mass is 300 g/mol. The molecule has 0 spiro atoms. The summed E-state index contributed by atoms with van der Waals surface area (Å²) < 4.78 is 11.3. The van der Waals surface area contributed by atoms with Crippen molar-refractivity contribution in [3.63, 3.8) is 0 Å². The van der Waals surface area contributed by atoms with E-state index in [9.17, 15) is 0 Å². The van der Waals surface area contributed by atoms with Gasteiger partial charge in [0, 0.05) is 50.4 Å². The topological polar surface area (TPSA) is 24.9 Å². The molecule has 22 heavy (non-hydrogen) atoms. The van der Waals surface area contributed by atoms with E-state index >= 15 is 0 Å². The predicted molar refractivity (Wildman–Crippen MR) is 86.4 cm³/mol. The molecule has 118 valence electrons. The summed E-state index contributed by atoms with van der Waals surface area (Å²) in [6.07, 6.45) is 5.95. The maximum Gasteiger partial charge on any atom is 0.123 e. The second-order valence-electron chi connectivity index (χ2n) is 6.54. The second-order valence-corrected chi connectivity index (χ2v) is 6.54. The maximum absolute atomic E-state index is 5.93. The van der Waals surface area contributed by atoms with E-state index in [1.54, 1.807) is 7.11 Å².